The van der Waals surface area contributed by atoms with Crippen molar-refractivity contribution >= 4 is 28.2 Å². The summed E-state index contributed by atoms with van der Waals surface area (Å²) in [4.78, 5) is 22.7. The Hall–Kier alpha value is -3.35. The minimum Gasteiger partial charge on any atom is -0.495 e. The normalized spacial score (nSPS) is 10.5. The van der Waals surface area contributed by atoms with Crippen molar-refractivity contribution in [2.45, 2.75) is 6.54 Å². The molecule has 0 saturated heterocycles. The highest BCUT2D eigenvalue weighted by molar-refractivity contribution is 5.93. The van der Waals surface area contributed by atoms with E-state index in [0.717, 1.165) is 10.9 Å². The number of carbonyl (C=O) groups excluding carboxylic acids is 1. The van der Waals surface area contributed by atoms with Gasteiger partial charge in [0.25, 0.3) is 5.69 Å². The van der Waals surface area contributed by atoms with Crippen molar-refractivity contribution in [2.24, 2.45) is 0 Å². The third-order valence-corrected chi connectivity index (χ3v) is 3.66. The van der Waals surface area contributed by atoms with Crippen molar-refractivity contribution in [3.05, 3.63) is 64.8 Å². The van der Waals surface area contributed by atoms with Gasteiger partial charge in [-0.15, -0.1) is 0 Å². The van der Waals surface area contributed by atoms with Crippen molar-refractivity contribution in [3.8, 4) is 5.75 Å². The predicted octanol–water partition coefficient (Wildman–Crippen LogP) is 3.20. The van der Waals surface area contributed by atoms with E-state index in [1.165, 1.54) is 25.3 Å². The Balaban J connectivity index is 1.82. The summed E-state index contributed by atoms with van der Waals surface area (Å²) >= 11 is 0. The maximum atomic E-state index is 12.3. The number of methoxy groups -OCH3 is 1. The van der Waals surface area contributed by atoms with Crippen LogP contribution in [0.3, 0.4) is 0 Å². The average Bonchev–Trinajstić information content (AvgIpc) is 2.98. The molecule has 0 unspecified atom stereocenters. The first-order valence-corrected chi connectivity index (χ1v) is 7.24. The number of ether oxygens (including phenoxy) is 1. The molecule has 0 atom stereocenters. The molecule has 0 aliphatic heterocycles. The second-order valence-electron chi connectivity index (χ2n) is 5.19. The lowest BCUT2D eigenvalue weighted by Gasteiger charge is -2.11. The van der Waals surface area contributed by atoms with Gasteiger partial charge in [0.2, 0.25) is 5.91 Å². The third kappa shape index (κ3) is 3.05. The van der Waals surface area contributed by atoms with Crippen LogP contribution in [0.5, 0.6) is 5.75 Å². The molecule has 7 heteroatoms. The number of nitro benzene ring substituents is 1. The van der Waals surface area contributed by atoms with Gasteiger partial charge >= 0.3 is 0 Å². The van der Waals surface area contributed by atoms with E-state index < -0.39 is 4.92 Å². The van der Waals surface area contributed by atoms with Crippen LogP contribution in [-0.2, 0) is 11.3 Å². The first-order valence-electron chi connectivity index (χ1n) is 7.24. The molecular weight excluding hydrogens is 310 g/mol. The fraction of sp³-hybridized carbons (Fsp3) is 0.118. The number of nitrogens with one attached hydrogen (secondary N) is 1. The first-order chi connectivity index (χ1) is 11.6. The number of amides is 1. The molecule has 2 aromatic carbocycles. The lowest BCUT2D eigenvalue weighted by Crippen LogP contribution is -2.18. The van der Waals surface area contributed by atoms with Crippen molar-refractivity contribution in [2.75, 3.05) is 12.4 Å². The highest BCUT2D eigenvalue weighted by Gasteiger charge is 2.14. The molecule has 0 aliphatic carbocycles. The van der Waals surface area contributed by atoms with Crippen LogP contribution in [0.2, 0.25) is 0 Å². The number of carbonyl (C=O) groups is 1. The number of rotatable bonds is 5. The van der Waals surface area contributed by atoms with Crippen LogP contribution in [-0.4, -0.2) is 22.5 Å². The smallest absolute Gasteiger partial charge is 0.271 e. The minimum absolute atomic E-state index is 0.0966. The summed E-state index contributed by atoms with van der Waals surface area (Å²) in [7, 11) is 1.44. The lowest BCUT2D eigenvalue weighted by atomic mass is 10.2. The number of fused-ring (bicyclic) bond motifs is 1. The van der Waals surface area contributed by atoms with Crippen molar-refractivity contribution in [1.82, 2.24) is 4.57 Å². The second kappa shape index (κ2) is 6.41. The Morgan fingerprint density at radius 2 is 2.04 bits per heavy atom. The number of nitrogens with zero attached hydrogens (tertiary/aromatic N) is 2. The standard InChI is InChI=1S/C17H15N3O4/c1-24-16-7-6-13(20(22)23)10-14(16)18-17(21)11-19-9-8-12-4-2-3-5-15(12)19/h2-10H,11H2,1H3,(H,18,21). The molecular formula is C17H15N3O4. The van der Waals surface area contributed by atoms with Crippen LogP contribution in [0.1, 0.15) is 0 Å². The Bertz CT molecular complexity index is 917. The van der Waals surface area contributed by atoms with Crippen LogP contribution in [0.4, 0.5) is 11.4 Å². The van der Waals surface area contributed by atoms with Crippen LogP contribution in [0.15, 0.2) is 54.7 Å². The highest BCUT2D eigenvalue weighted by atomic mass is 16.6. The van der Waals surface area contributed by atoms with Gasteiger partial charge in [-0.3, -0.25) is 14.9 Å². The molecule has 0 aliphatic rings. The van der Waals surface area contributed by atoms with Crippen molar-refractivity contribution in [3.63, 3.8) is 0 Å². The molecule has 3 rings (SSSR count). The Labute approximate surface area is 137 Å². The fourth-order valence-corrected chi connectivity index (χ4v) is 2.53. The number of hydrogen-bond acceptors (Lipinski definition) is 4. The van der Waals surface area contributed by atoms with Gasteiger partial charge in [-0.05, 0) is 23.6 Å². The molecule has 1 amide bonds. The maximum absolute atomic E-state index is 12.3. The first kappa shape index (κ1) is 15.5. The summed E-state index contributed by atoms with van der Waals surface area (Å²) in [6.45, 7) is 0.0966. The molecule has 0 spiro atoms. The number of benzene rings is 2. The zero-order chi connectivity index (χ0) is 17.1. The summed E-state index contributed by atoms with van der Waals surface area (Å²) in [5, 5.41) is 14.6. The molecule has 3 aromatic rings. The van der Waals surface area contributed by atoms with Crippen LogP contribution in [0.25, 0.3) is 10.9 Å². The van der Waals surface area contributed by atoms with E-state index in [1.54, 1.807) is 0 Å². The summed E-state index contributed by atoms with van der Waals surface area (Å²) in [5.41, 5.74) is 1.10. The number of hydrogen-bond donors (Lipinski definition) is 1. The van der Waals surface area contributed by atoms with Gasteiger partial charge < -0.3 is 14.6 Å². The molecule has 122 valence electrons. The Morgan fingerprint density at radius 1 is 1.25 bits per heavy atom. The number of anilines is 1. The SMILES string of the molecule is COc1ccc([N+](=O)[O-])cc1NC(=O)Cn1ccc2ccccc21. The molecule has 0 fully saturated rings. The number of aromatic nitrogens is 1. The quantitative estimate of drug-likeness (QED) is 0.576. The molecule has 1 aromatic heterocycles. The van der Waals surface area contributed by atoms with Gasteiger partial charge in [-0.2, -0.15) is 0 Å². The Kier molecular flexibility index (Phi) is 4.15. The number of non-ortho nitro benzene ring substituents is 1. The molecule has 0 bridgehead atoms. The zero-order valence-corrected chi connectivity index (χ0v) is 12.9. The van der Waals surface area contributed by atoms with E-state index in [9.17, 15) is 14.9 Å². The van der Waals surface area contributed by atoms with Crippen LogP contribution >= 0.6 is 0 Å². The molecule has 0 saturated carbocycles. The van der Waals surface area contributed by atoms with Crippen molar-refractivity contribution < 1.29 is 14.5 Å². The van der Waals surface area contributed by atoms with Gasteiger partial charge in [0.15, 0.2) is 0 Å². The molecule has 1 heterocycles. The predicted molar refractivity (Wildman–Crippen MR) is 90.2 cm³/mol. The third-order valence-electron chi connectivity index (χ3n) is 3.66. The fourth-order valence-electron chi connectivity index (χ4n) is 2.53. The molecule has 24 heavy (non-hydrogen) atoms. The highest BCUT2D eigenvalue weighted by Crippen LogP contribution is 2.29. The van der Waals surface area contributed by atoms with E-state index in [2.05, 4.69) is 5.32 Å². The van der Waals surface area contributed by atoms with E-state index in [-0.39, 0.29) is 23.8 Å². The molecule has 1 N–H and O–H groups in total. The van der Waals surface area contributed by atoms with Gasteiger partial charge in [-0.1, -0.05) is 18.2 Å². The lowest BCUT2D eigenvalue weighted by molar-refractivity contribution is -0.384. The zero-order valence-electron chi connectivity index (χ0n) is 12.9. The van der Waals surface area contributed by atoms with Gasteiger partial charge in [0.1, 0.15) is 12.3 Å². The largest absolute Gasteiger partial charge is 0.495 e. The summed E-state index contributed by atoms with van der Waals surface area (Å²) < 4.78 is 6.96. The topological polar surface area (TPSA) is 86.4 Å². The van der Waals surface area contributed by atoms with Gasteiger partial charge in [0, 0.05) is 23.8 Å². The van der Waals surface area contributed by atoms with E-state index in [1.807, 2.05) is 41.1 Å². The van der Waals surface area contributed by atoms with Gasteiger partial charge in [0.05, 0.1) is 17.7 Å². The van der Waals surface area contributed by atoms with E-state index in [4.69, 9.17) is 4.74 Å². The van der Waals surface area contributed by atoms with Crippen LogP contribution < -0.4 is 10.1 Å². The number of nitro groups is 1. The van der Waals surface area contributed by atoms with Crippen LogP contribution in [0, 0.1) is 10.1 Å². The van der Waals surface area contributed by atoms with E-state index >= 15 is 0 Å². The minimum atomic E-state index is -0.519. The Morgan fingerprint density at radius 3 is 2.79 bits per heavy atom. The van der Waals surface area contributed by atoms with E-state index in [0.29, 0.717) is 5.75 Å². The summed E-state index contributed by atoms with van der Waals surface area (Å²) in [6.07, 6.45) is 1.83. The summed E-state index contributed by atoms with van der Waals surface area (Å²) in [5.74, 6) is 0.0708. The maximum Gasteiger partial charge on any atom is 0.271 e. The summed E-state index contributed by atoms with van der Waals surface area (Å²) in [6, 6.07) is 13.7. The molecule has 7 nitrogen and oxygen atoms in total. The number of para-hydroxylation sites is 1. The molecule has 0 radical (unpaired) electrons. The van der Waals surface area contributed by atoms with Gasteiger partial charge in [-0.25, -0.2) is 0 Å². The van der Waals surface area contributed by atoms with Crippen molar-refractivity contribution in [1.29, 1.82) is 0 Å². The second-order valence-corrected chi connectivity index (χ2v) is 5.19. The average molecular weight is 325 g/mol. The monoisotopic (exact) mass is 325 g/mol.